The van der Waals surface area contributed by atoms with E-state index in [1.54, 1.807) is 0 Å². The van der Waals surface area contributed by atoms with Crippen LogP contribution >= 0.6 is 0 Å². The molecule has 1 aliphatic rings. The number of amides is 1. The summed E-state index contributed by atoms with van der Waals surface area (Å²) in [5, 5.41) is 2.81. The van der Waals surface area contributed by atoms with Crippen molar-refractivity contribution < 1.29 is 14.3 Å². The molecule has 0 bridgehead atoms. The van der Waals surface area contributed by atoms with Crippen LogP contribution in [0.1, 0.15) is 51.6 Å². The first-order valence-corrected chi connectivity index (χ1v) is 7.42. The van der Waals surface area contributed by atoms with Crippen LogP contribution < -0.4 is 5.32 Å². The largest absolute Gasteiger partial charge is 0.458 e. The summed E-state index contributed by atoms with van der Waals surface area (Å²) in [7, 11) is 0. The van der Waals surface area contributed by atoms with Gasteiger partial charge in [-0.2, -0.15) is 0 Å². The quantitative estimate of drug-likeness (QED) is 0.848. The molecular weight excluding hydrogens is 266 g/mol. The fourth-order valence-electron chi connectivity index (χ4n) is 2.09. The monoisotopic (exact) mass is 289 g/mol. The van der Waals surface area contributed by atoms with Crippen molar-refractivity contribution in [3.8, 4) is 0 Å². The van der Waals surface area contributed by atoms with Crippen LogP contribution in [0.15, 0.2) is 30.3 Å². The van der Waals surface area contributed by atoms with E-state index in [4.69, 9.17) is 4.74 Å². The van der Waals surface area contributed by atoms with E-state index >= 15 is 0 Å². The summed E-state index contributed by atoms with van der Waals surface area (Å²) >= 11 is 0. The van der Waals surface area contributed by atoms with Crippen LogP contribution in [-0.4, -0.2) is 17.5 Å². The van der Waals surface area contributed by atoms with E-state index in [0.29, 0.717) is 12.3 Å². The van der Waals surface area contributed by atoms with E-state index in [1.165, 1.54) is 0 Å². The summed E-state index contributed by atoms with van der Waals surface area (Å²) in [5.41, 5.74) is 0.168. The Bertz CT molecular complexity index is 501. The number of carbonyl (C=O) groups is 2. The third-order valence-corrected chi connectivity index (χ3v) is 3.25. The van der Waals surface area contributed by atoms with Crippen molar-refractivity contribution in [2.24, 2.45) is 5.92 Å². The second kappa shape index (κ2) is 6.29. The van der Waals surface area contributed by atoms with Crippen molar-refractivity contribution in [2.75, 3.05) is 0 Å². The summed E-state index contributed by atoms with van der Waals surface area (Å²) in [6.45, 7) is 5.46. The molecule has 1 atom stereocenters. The van der Waals surface area contributed by atoms with Gasteiger partial charge in [0.2, 0.25) is 5.91 Å². The summed E-state index contributed by atoms with van der Waals surface area (Å²) in [5.74, 6) is -0.0184. The van der Waals surface area contributed by atoms with E-state index in [0.717, 1.165) is 18.4 Å². The average Bonchev–Trinajstić information content (AvgIpc) is 3.18. The molecule has 0 aromatic heterocycles. The third kappa shape index (κ3) is 5.21. The van der Waals surface area contributed by atoms with Crippen LogP contribution in [0, 0.1) is 5.92 Å². The fourth-order valence-corrected chi connectivity index (χ4v) is 2.09. The highest BCUT2D eigenvalue weighted by Crippen LogP contribution is 2.32. The van der Waals surface area contributed by atoms with Gasteiger partial charge in [0.1, 0.15) is 5.60 Å². The predicted octanol–water partition coefficient (Wildman–Crippen LogP) is 2.99. The molecule has 0 saturated heterocycles. The lowest BCUT2D eigenvalue weighted by Crippen LogP contribution is -2.38. The minimum Gasteiger partial charge on any atom is -0.458 e. The number of esters is 1. The molecule has 1 aliphatic carbocycles. The minimum atomic E-state index is -0.739. The van der Waals surface area contributed by atoms with Gasteiger partial charge in [-0.05, 0) is 45.1 Å². The van der Waals surface area contributed by atoms with Crippen molar-refractivity contribution in [1.82, 2.24) is 5.32 Å². The van der Waals surface area contributed by atoms with Crippen molar-refractivity contribution in [2.45, 2.75) is 51.7 Å². The molecule has 1 amide bonds. The lowest BCUT2D eigenvalue weighted by atomic mass is 10.1. The highest BCUT2D eigenvalue weighted by atomic mass is 16.6. The molecule has 0 unspecified atom stereocenters. The summed E-state index contributed by atoms with van der Waals surface area (Å²) < 4.78 is 5.42. The number of ether oxygens (including phenoxy) is 1. The Morgan fingerprint density at radius 2 is 1.86 bits per heavy atom. The first kappa shape index (κ1) is 15.5. The van der Waals surface area contributed by atoms with Crippen molar-refractivity contribution in [3.63, 3.8) is 0 Å². The molecule has 1 N–H and O–H groups in total. The molecule has 114 valence electrons. The lowest BCUT2D eigenvalue weighted by Gasteiger charge is -2.24. The van der Waals surface area contributed by atoms with Gasteiger partial charge in [-0.1, -0.05) is 30.3 Å². The van der Waals surface area contributed by atoms with E-state index in [9.17, 15) is 9.59 Å². The molecule has 4 heteroatoms. The number of benzene rings is 1. The number of nitrogens with one attached hydrogen (secondary N) is 1. The average molecular weight is 289 g/mol. The Balaban J connectivity index is 2.09. The molecule has 1 fully saturated rings. The maximum atomic E-state index is 12.4. The Hall–Kier alpha value is -1.84. The molecule has 1 saturated carbocycles. The van der Waals surface area contributed by atoms with Gasteiger partial charge < -0.3 is 10.1 Å². The third-order valence-electron chi connectivity index (χ3n) is 3.25. The Labute approximate surface area is 125 Å². The van der Waals surface area contributed by atoms with Crippen molar-refractivity contribution in [3.05, 3.63) is 35.9 Å². The van der Waals surface area contributed by atoms with Crippen molar-refractivity contribution >= 4 is 11.9 Å². The first-order chi connectivity index (χ1) is 9.85. The Morgan fingerprint density at radius 3 is 2.38 bits per heavy atom. The standard InChI is InChI=1S/C17H23NO3/c1-17(2,3)21-16(20)15(13-7-5-4-6-8-13)18-14(19)11-12-9-10-12/h4-8,12,15H,9-11H2,1-3H3,(H,18,19)/t15-/m1/s1. The van der Waals surface area contributed by atoms with Gasteiger partial charge in [-0.25, -0.2) is 4.79 Å². The number of hydrogen-bond acceptors (Lipinski definition) is 3. The van der Waals surface area contributed by atoms with Gasteiger partial charge in [-0.15, -0.1) is 0 Å². The van der Waals surface area contributed by atoms with Crippen LogP contribution in [0.4, 0.5) is 0 Å². The lowest BCUT2D eigenvalue weighted by molar-refractivity contribution is -0.159. The van der Waals surface area contributed by atoms with E-state index in [-0.39, 0.29) is 5.91 Å². The Morgan fingerprint density at radius 1 is 1.24 bits per heavy atom. The van der Waals surface area contributed by atoms with Crippen LogP contribution in [0.5, 0.6) is 0 Å². The van der Waals surface area contributed by atoms with Crippen molar-refractivity contribution in [1.29, 1.82) is 0 Å². The molecule has 2 rings (SSSR count). The van der Waals surface area contributed by atoms with Gasteiger partial charge in [0.15, 0.2) is 6.04 Å². The molecule has 0 spiro atoms. The first-order valence-electron chi connectivity index (χ1n) is 7.42. The topological polar surface area (TPSA) is 55.4 Å². The molecule has 1 aromatic rings. The molecule has 0 radical (unpaired) electrons. The molecule has 0 heterocycles. The SMILES string of the molecule is CC(C)(C)OC(=O)[C@H](NC(=O)CC1CC1)c1ccccc1. The normalized spacial score (nSPS) is 16.1. The van der Waals surface area contributed by atoms with Gasteiger partial charge in [0.25, 0.3) is 0 Å². The Kier molecular flexibility index (Phi) is 4.66. The molecule has 21 heavy (non-hydrogen) atoms. The maximum Gasteiger partial charge on any atom is 0.333 e. The predicted molar refractivity (Wildman–Crippen MR) is 80.5 cm³/mol. The van der Waals surface area contributed by atoms with E-state index in [2.05, 4.69) is 5.32 Å². The highest BCUT2D eigenvalue weighted by molar-refractivity contribution is 5.85. The van der Waals surface area contributed by atoms with Crippen LogP contribution in [0.3, 0.4) is 0 Å². The maximum absolute atomic E-state index is 12.4. The zero-order valence-electron chi connectivity index (χ0n) is 12.9. The summed E-state index contributed by atoms with van der Waals surface area (Å²) in [6.07, 6.45) is 2.71. The zero-order valence-corrected chi connectivity index (χ0v) is 12.9. The number of carbonyl (C=O) groups excluding carboxylic acids is 2. The smallest absolute Gasteiger partial charge is 0.333 e. The molecular formula is C17H23NO3. The van der Waals surface area contributed by atoms with Crippen LogP contribution in [0.2, 0.25) is 0 Å². The zero-order chi connectivity index (χ0) is 15.5. The molecule has 4 nitrogen and oxygen atoms in total. The highest BCUT2D eigenvalue weighted by Gasteiger charge is 2.30. The second-order valence-electron chi connectivity index (χ2n) is 6.59. The summed E-state index contributed by atoms with van der Waals surface area (Å²) in [4.78, 5) is 24.4. The van der Waals surface area contributed by atoms with Gasteiger partial charge >= 0.3 is 5.97 Å². The minimum absolute atomic E-state index is 0.0859. The number of rotatable bonds is 5. The van der Waals surface area contributed by atoms with E-state index in [1.807, 2.05) is 51.1 Å². The van der Waals surface area contributed by atoms with E-state index < -0.39 is 17.6 Å². The number of hydrogen-bond donors (Lipinski definition) is 1. The van der Waals surface area contributed by atoms with Gasteiger partial charge in [0.05, 0.1) is 0 Å². The fraction of sp³-hybridized carbons (Fsp3) is 0.529. The van der Waals surface area contributed by atoms with Gasteiger partial charge in [-0.3, -0.25) is 4.79 Å². The molecule has 1 aromatic carbocycles. The van der Waals surface area contributed by atoms with Gasteiger partial charge in [0, 0.05) is 6.42 Å². The van der Waals surface area contributed by atoms with Crippen LogP contribution in [-0.2, 0) is 14.3 Å². The van der Waals surface area contributed by atoms with Crippen LogP contribution in [0.25, 0.3) is 0 Å². The second-order valence-corrected chi connectivity index (χ2v) is 6.59. The summed E-state index contributed by atoms with van der Waals surface area (Å²) in [6, 6.07) is 8.48. The molecule has 0 aliphatic heterocycles.